The van der Waals surface area contributed by atoms with Crippen LogP contribution in [0.4, 0.5) is 0 Å². The molecule has 4 heteroatoms. The number of nitrogens with one attached hydrogen (secondary N) is 1. The average Bonchev–Trinajstić information content (AvgIpc) is 2.53. The number of aryl methyl sites for hydroxylation is 2. The standard InChI is InChI=1S/C12H22BrN3/c1-5-10-12(13)11(16(4)15-10)8-9(2)6-7-14-3/h9,14H,5-8H2,1-4H3. The van der Waals surface area contributed by atoms with E-state index >= 15 is 0 Å². The van der Waals surface area contributed by atoms with Gasteiger partial charge in [-0.1, -0.05) is 13.8 Å². The van der Waals surface area contributed by atoms with Crippen LogP contribution in [0.3, 0.4) is 0 Å². The monoisotopic (exact) mass is 287 g/mol. The van der Waals surface area contributed by atoms with Crippen molar-refractivity contribution in [2.75, 3.05) is 13.6 Å². The molecule has 0 bridgehead atoms. The molecule has 0 radical (unpaired) electrons. The van der Waals surface area contributed by atoms with Crippen LogP contribution in [-0.4, -0.2) is 23.4 Å². The van der Waals surface area contributed by atoms with Gasteiger partial charge in [0.15, 0.2) is 0 Å². The summed E-state index contributed by atoms with van der Waals surface area (Å²) in [5.74, 6) is 0.684. The molecule has 92 valence electrons. The molecule has 0 aliphatic rings. The molecule has 0 saturated carbocycles. The minimum atomic E-state index is 0.684. The molecule has 0 aliphatic heterocycles. The summed E-state index contributed by atoms with van der Waals surface area (Å²) in [6, 6.07) is 0. The van der Waals surface area contributed by atoms with Crippen molar-refractivity contribution in [3.8, 4) is 0 Å². The molecule has 1 atom stereocenters. The van der Waals surface area contributed by atoms with Crippen molar-refractivity contribution in [1.29, 1.82) is 0 Å². The molecule has 1 aromatic heterocycles. The van der Waals surface area contributed by atoms with Crippen molar-refractivity contribution in [1.82, 2.24) is 15.1 Å². The van der Waals surface area contributed by atoms with Gasteiger partial charge in [-0.15, -0.1) is 0 Å². The minimum Gasteiger partial charge on any atom is -0.320 e. The van der Waals surface area contributed by atoms with Crippen molar-refractivity contribution in [2.24, 2.45) is 13.0 Å². The molecule has 0 aromatic carbocycles. The van der Waals surface area contributed by atoms with Gasteiger partial charge in [0.25, 0.3) is 0 Å². The second kappa shape index (κ2) is 6.40. The average molecular weight is 288 g/mol. The summed E-state index contributed by atoms with van der Waals surface area (Å²) >= 11 is 3.66. The third kappa shape index (κ3) is 3.32. The normalized spacial score (nSPS) is 13.1. The molecule has 0 spiro atoms. The zero-order chi connectivity index (χ0) is 12.1. The second-order valence-corrected chi connectivity index (χ2v) is 5.18. The van der Waals surface area contributed by atoms with Crippen molar-refractivity contribution >= 4 is 15.9 Å². The van der Waals surface area contributed by atoms with Crippen LogP contribution in [0.15, 0.2) is 4.47 Å². The molecule has 1 N–H and O–H groups in total. The Hall–Kier alpha value is -0.350. The van der Waals surface area contributed by atoms with E-state index in [4.69, 9.17) is 0 Å². The van der Waals surface area contributed by atoms with Gasteiger partial charge < -0.3 is 5.32 Å². The fourth-order valence-corrected chi connectivity index (χ4v) is 2.64. The summed E-state index contributed by atoms with van der Waals surface area (Å²) in [7, 11) is 4.03. The van der Waals surface area contributed by atoms with Gasteiger partial charge >= 0.3 is 0 Å². The first-order valence-corrected chi connectivity index (χ1v) is 6.74. The van der Waals surface area contributed by atoms with E-state index in [9.17, 15) is 0 Å². The molecule has 0 fully saturated rings. The Labute approximate surface area is 107 Å². The largest absolute Gasteiger partial charge is 0.320 e. The Balaban J connectivity index is 2.69. The minimum absolute atomic E-state index is 0.684. The van der Waals surface area contributed by atoms with Crippen LogP contribution in [0.25, 0.3) is 0 Å². The van der Waals surface area contributed by atoms with E-state index in [1.807, 2.05) is 18.8 Å². The Morgan fingerprint density at radius 3 is 2.69 bits per heavy atom. The van der Waals surface area contributed by atoms with E-state index in [0.29, 0.717) is 5.92 Å². The molecule has 1 aromatic rings. The van der Waals surface area contributed by atoms with E-state index in [1.54, 1.807) is 0 Å². The number of rotatable bonds is 6. The predicted octanol–water partition coefficient (Wildman–Crippen LogP) is 2.53. The summed E-state index contributed by atoms with van der Waals surface area (Å²) in [4.78, 5) is 0. The van der Waals surface area contributed by atoms with E-state index in [2.05, 4.69) is 40.2 Å². The van der Waals surface area contributed by atoms with Crippen LogP contribution in [-0.2, 0) is 19.9 Å². The van der Waals surface area contributed by atoms with Gasteiger partial charge in [0.2, 0.25) is 0 Å². The predicted molar refractivity (Wildman–Crippen MR) is 71.7 cm³/mol. The summed E-state index contributed by atoms with van der Waals surface area (Å²) in [6.45, 7) is 5.51. The van der Waals surface area contributed by atoms with Crippen LogP contribution < -0.4 is 5.32 Å². The molecule has 0 saturated heterocycles. The zero-order valence-corrected chi connectivity index (χ0v) is 12.3. The first kappa shape index (κ1) is 13.7. The van der Waals surface area contributed by atoms with Crippen molar-refractivity contribution in [3.05, 3.63) is 15.9 Å². The van der Waals surface area contributed by atoms with Gasteiger partial charge in [0, 0.05) is 7.05 Å². The summed E-state index contributed by atoms with van der Waals surface area (Å²) in [5.41, 5.74) is 2.48. The summed E-state index contributed by atoms with van der Waals surface area (Å²) in [5, 5.41) is 7.71. The van der Waals surface area contributed by atoms with Gasteiger partial charge in [-0.2, -0.15) is 5.10 Å². The van der Waals surface area contributed by atoms with Crippen molar-refractivity contribution in [2.45, 2.75) is 33.1 Å². The van der Waals surface area contributed by atoms with Crippen LogP contribution in [0.1, 0.15) is 31.7 Å². The van der Waals surface area contributed by atoms with Crippen molar-refractivity contribution in [3.63, 3.8) is 0 Å². The summed E-state index contributed by atoms with van der Waals surface area (Å²) in [6.07, 6.45) is 3.28. The Bertz CT molecular complexity index is 333. The highest BCUT2D eigenvalue weighted by atomic mass is 79.9. The fraction of sp³-hybridized carbons (Fsp3) is 0.750. The highest BCUT2D eigenvalue weighted by molar-refractivity contribution is 9.10. The molecular weight excluding hydrogens is 266 g/mol. The molecule has 1 heterocycles. The molecular formula is C12H22BrN3. The third-order valence-electron chi connectivity index (χ3n) is 2.93. The lowest BCUT2D eigenvalue weighted by molar-refractivity contribution is 0.496. The third-order valence-corrected chi connectivity index (χ3v) is 3.85. The lowest BCUT2D eigenvalue weighted by atomic mass is 10.0. The van der Waals surface area contributed by atoms with Gasteiger partial charge in [-0.25, -0.2) is 0 Å². The topological polar surface area (TPSA) is 29.9 Å². The van der Waals surface area contributed by atoms with Crippen LogP contribution in [0.5, 0.6) is 0 Å². The highest BCUT2D eigenvalue weighted by Gasteiger charge is 2.14. The van der Waals surface area contributed by atoms with E-state index in [1.165, 1.54) is 22.3 Å². The number of hydrogen-bond acceptors (Lipinski definition) is 2. The van der Waals surface area contributed by atoms with Crippen LogP contribution in [0, 0.1) is 5.92 Å². The van der Waals surface area contributed by atoms with E-state index in [0.717, 1.165) is 19.4 Å². The molecule has 0 amide bonds. The molecule has 1 unspecified atom stereocenters. The number of aromatic nitrogens is 2. The first-order valence-electron chi connectivity index (χ1n) is 5.95. The Kier molecular flexibility index (Phi) is 5.49. The molecule has 0 aliphatic carbocycles. The SMILES string of the molecule is CCc1nn(C)c(CC(C)CCNC)c1Br. The van der Waals surface area contributed by atoms with E-state index in [-0.39, 0.29) is 0 Å². The fourth-order valence-electron chi connectivity index (χ4n) is 1.86. The number of hydrogen-bond donors (Lipinski definition) is 1. The maximum atomic E-state index is 4.52. The lowest BCUT2D eigenvalue weighted by Gasteiger charge is -2.11. The number of halogens is 1. The molecule has 16 heavy (non-hydrogen) atoms. The van der Waals surface area contributed by atoms with Gasteiger partial charge in [-0.05, 0) is 54.7 Å². The Morgan fingerprint density at radius 2 is 2.19 bits per heavy atom. The molecule has 1 rings (SSSR count). The van der Waals surface area contributed by atoms with Crippen LogP contribution >= 0.6 is 15.9 Å². The highest BCUT2D eigenvalue weighted by Crippen LogP contribution is 2.24. The zero-order valence-electron chi connectivity index (χ0n) is 10.7. The first-order chi connectivity index (χ1) is 7.60. The van der Waals surface area contributed by atoms with Gasteiger partial charge in [0.05, 0.1) is 15.9 Å². The Morgan fingerprint density at radius 1 is 1.50 bits per heavy atom. The van der Waals surface area contributed by atoms with Gasteiger partial charge in [0.1, 0.15) is 0 Å². The maximum absolute atomic E-state index is 4.52. The molecule has 3 nitrogen and oxygen atoms in total. The second-order valence-electron chi connectivity index (χ2n) is 4.39. The maximum Gasteiger partial charge on any atom is 0.0766 e. The quantitative estimate of drug-likeness (QED) is 0.871. The van der Waals surface area contributed by atoms with Crippen LogP contribution in [0.2, 0.25) is 0 Å². The van der Waals surface area contributed by atoms with Gasteiger partial charge in [-0.3, -0.25) is 4.68 Å². The summed E-state index contributed by atoms with van der Waals surface area (Å²) < 4.78 is 3.22. The van der Waals surface area contributed by atoms with Crippen molar-refractivity contribution < 1.29 is 0 Å². The number of nitrogens with zero attached hydrogens (tertiary/aromatic N) is 2. The lowest BCUT2D eigenvalue weighted by Crippen LogP contribution is -2.14. The smallest absolute Gasteiger partial charge is 0.0766 e. The van der Waals surface area contributed by atoms with E-state index < -0.39 is 0 Å².